The van der Waals surface area contributed by atoms with Gasteiger partial charge in [-0.3, -0.25) is 4.79 Å². The lowest BCUT2D eigenvalue weighted by molar-refractivity contribution is -0.188. The highest BCUT2D eigenvalue weighted by Gasteiger charge is 2.51. The van der Waals surface area contributed by atoms with Crippen molar-refractivity contribution in [2.45, 2.75) is 57.5 Å². The predicted octanol–water partition coefficient (Wildman–Crippen LogP) is 3.15. The van der Waals surface area contributed by atoms with Gasteiger partial charge in [0.15, 0.2) is 0 Å². The van der Waals surface area contributed by atoms with Gasteiger partial charge in [0.25, 0.3) is 0 Å². The highest BCUT2D eigenvalue weighted by Crippen LogP contribution is 2.53. The van der Waals surface area contributed by atoms with E-state index in [1.807, 2.05) is 23.1 Å². The Kier molecular flexibility index (Phi) is 4.45. The molecule has 0 saturated carbocycles. The van der Waals surface area contributed by atoms with Crippen LogP contribution in [0.3, 0.4) is 0 Å². The normalized spacial score (nSPS) is 33.3. The topological polar surface area (TPSA) is 64.8 Å². The van der Waals surface area contributed by atoms with Gasteiger partial charge >= 0.3 is 0 Å². The summed E-state index contributed by atoms with van der Waals surface area (Å²) in [5, 5.41) is 0.703. The lowest BCUT2D eigenvalue weighted by atomic mass is 9.70. The molecular formula is C20H27ClN2O3. The SMILES string of the molecule is C[C@H](N)C(=O)N1CC[C@H]2O[C@H]3c4cc(Cl)ccc4OC(C)(C)[C@@H]3C[C@H]2C1. The number of likely N-dealkylation sites (tertiary alicyclic amines) is 1. The summed E-state index contributed by atoms with van der Waals surface area (Å²) in [5.74, 6) is 1.43. The number of amides is 1. The molecule has 1 aromatic rings. The molecule has 6 heteroatoms. The largest absolute Gasteiger partial charge is 0.487 e. The van der Waals surface area contributed by atoms with E-state index in [-0.39, 0.29) is 29.6 Å². The number of nitrogens with two attached hydrogens (primary N) is 1. The molecule has 0 aromatic heterocycles. The van der Waals surface area contributed by atoms with Gasteiger partial charge in [0, 0.05) is 35.5 Å². The van der Waals surface area contributed by atoms with Crippen LogP contribution in [0.4, 0.5) is 0 Å². The Labute approximate surface area is 159 Å². The number of rotatable bonds is 1. The molecule has 0 unspecified atom stereocenters. The maximum absolute atomic E-state index is 12.3. The molecule has 0 bridgehead atoms. The molecule has 0 aliphatic carbocycles. The van der Waals surface area contributed by atoms with Gasteiger partial charge in [-0.25, -0.2) is 0 Å². The van der Waals surface area contributed by atoms with Crippen LogP contribution in [-0.2, 0) is 9.53 Å². The highest BCUT2D eigenvalue weighted by atomic mass is 35.5. The average Bonchev–Trinajstić information content (AvgIpc) is 2.60. The van der Waals surface area contributed by atoms with Crippen LogP contribution in [0.1, 0.15) is 45.3 Å². The van der Waals surface area contributed by atoms with E-state index in [9.17, 15) is 4.79 Å². The number of ether oxygens (including phenoxy) is 2. The molecule has 0 radical (unpaired) electrons. The number of hydrogen-bond acceptors (Lipinski definition) is 4. The maximum Gasteiger partial charge on any atom is 0.239 e. The molecule has 2 N–H and O–H groups in total. The number of fused-ring (bicyclic) bond motifs is 4. The monoisotopic (exact) mass is 378 g/mol. The quantitative estimate of drug-likeness (QED) is 0.815. The Morgan fingerprint density at radius 3 is 2.92 bits per heavy atom. The molecule has 2 saturated heterocycles. The van der Waals surface area contributed by atoms with Crippen molar-refractivity contribution < 1.29 is 14.3 Å². The molecule has 4 rings (SSSR count). The van der Waals surface area contributed by atoms with Crippen LogP contribution < -0.4 is 10.5 Å². The second-order valence-electron chi connectivity index (χ2n) is 8.45. The highest BCUT2D eigenvalue weighted by molar-refractivity contribution is 6.30. The summed E-state index contributed by atoms with van der Waals surface area (Å²) in [6, 6.07) is 5.32. The number of nitrogens with zero attached hydrogens (tertiary/aromatic N) is 1. The molecular weight excluding hydrogens is 352 g/mol. The molecule has 3 aliphatic rings. The van der Waals surface area contributed by atoms with E-state index in [0.29, 0.717) is 24.0 Å². The van der Waals surface area contributed by atoms with Crippen LogP contribution in [0.15, 0.2) is 18.2 Å². The summed E-state index contributed by atoms with van der Waals surface area (Å²) in [5.41, 5.74) is 6.52. The zero-order valence-electron chi connectivity index (χ0n) is 15.6. The zero-order valence-corrected chi connectivity index (χ0v) is 16.3. The summed E-state index contributed by atoms with van der Waals surface area (Å²) in [6.45, 7) is 7.42. The minimum absolute atomic E-state index is 0.00983. The molecule has 3 heterocycles. The summed E-state index contributed by atoms with van der Waals surface area (Å²) in [4.78, 5) is 14.2. The fourth-order valence-corrected chi connectivity index (χ4v) is 4.95. The van der Waals surface area contributed by atoms with Crippen molar-refractivity contribution in [3.05, 3.63) is 28.8 Å². The van der Waals surface area contributed by atoms with Gasteiger partial charge in [-0.2, -0.15) is 0 Å². The van der Waals surface area contributed by atoms with Crippen LogP contribution in [0.2, 0.25) is 5.02 Å². The summed E-state index contributed by atoms with van der Waals surface area (Å²) < 4.78 is 12.9. The van der Waals surface area contributed by atoms with Crippen molar-refractivity contribution >= 4 is 17.5 Å². The number of carbonyl (C=O) groups is 1. The number of halogens is 1. The van der Waals surface area contributed by atoms with E-state index in [1.165, 1.54) is 0 Å². The smallest absolute Gasteiger partial charge is 0.239 e. The number of benzene rings is 1. The third-order valence-corrected chi connectivity index (χ3v) is 6.39. The predicted molar refractivity (Wildman–Crippen MR) is 100 cm³/mol. The Bertz CT molecular complexity index is 721. The summed E-state index contributed by atoms with van der Waals surface area (Å²) in [7, 11) is 0. The summed E-state index contributed by atoms with van der Waals surface area (Å²) >= 11 is 6.23. The molecule has 1 aromatic carbocycles. The third-order valence-electron chi connectivity index (χ3n) is 6.15. The van der Waals surface area contributed by atoms with E-state index >= 15 is 0 Å². The van der Waals surface area contributed by atoms with Gasteiger partial charge < -0.3 is 20.1 Å². The van der Waals surface area contributed by atoms with Crippen molar-refractivity contribution in [3.63, 3.8) is 0 Å². The maximum atomic E-state index is 12.3. The minimum atomic E-state index is -0.452. The first kappa shape index (κ1) is 18.1. The van der Waals surface area contributed by atoms with E-state index in [0.717, 1.165) is 24.2 Å². The molecule has 2 fully saturated rings. The van der Waals surface area contributed by atoms with Crippen molar-refractivity contribution in [3.8, 4) is 5.75 Å². The summed E-state index contributed by atoms with van der Waals surface area (Å²) in [6.07, 6.45) is 1.97. The zero-order chi connectivity index (χ0) is 18.6. The second kappa shape index (κ2) is 6.39. The van der Waals surface area contributed by atoms with Crippen LogP contribution in [0, 0.1) is 11.8 Å². The van der Waals surface area contributed by atoms with Gasteiger partial charge in [-0.15, -0.1) is 0 Å². The van der Waals surface area contributed by atoms with Crippen LogP contribution in [-0.4, -0.2) is 41.6 Å². The first-order chi connectivity index (χ1) is 12.3. The van der Waals surface area contributed by atoms with Crippen molar-refractivity contribution in [1.82, 2.24) is 4.90 Å². The Morgan fingerprint density at radius 2 is 2.19 bits per heavy atom. The van der Waals surface area contributed by atoms with Gasteiger partial charge in [-0.1, -0.05) is 11.6 Å². The molecule has 5 atom stereocenters. The van der Waals surface area contributed by atoms with Gasteiger partial charge in [0.2, 0.25) is 5.91 Å². The van der Waals surface area contributed by atoms with Gasteiger partial charge in [-0.05, 0) is 51.8 Å². The third kappa shape index (κ3) is 3.00. The lowest BCUT2D eigenvalue weighted by Gasteiger charge is -2.53. The van der Waals surface area contributed by atoms with Crippen molar-refractivity contribution in [2.75, 3.05) is 13.1 Å². The average molecular weight is 379 g/mol. The second-order valence-corrected chi connectivity index (χ2v) is 8.88. The fourth-order valence-electron chi connectivity index (χ4n) is 4.77. The van der Waals surface area contributed by atoms with Crippen LogP contribution >= 0.6 is 11.6 Å². The molecule has 26 heavy (non-hydrogen) atoms. The minimum Gasteiger partial charge on any atom is -0.487 e. The molecule has 142 valence electrons. The first-order valence-electron chi connectivity index (χ1n) is 9.44. The van der Waals surface area contributed by atoms with Crippen LogP contribution in [0.25, 0.3) is 0 Å². The van der Waals surface area contributed by atoms with Gasteiger partial charge in [0.05, 0.1) is 18.2 Å². The number of piperidine rings is 1. The standard InChI is InChI=1S/C20H27ClN2O3/c1-11(22)19(24)23-7-6-16-12(10-23)8-15-18(25-16)14-9-13(21)4-5-17(14)26-20(15,2)3/h4-5,9,11-12,15-16,18H,6-8,10,22H2,1-3H3/t11-,12-,15+,16+,18-/m0/s1. The number of carbonyl (C=O) groups excluding carboxylic acids is 1. The van der Waals surface area contributed by atoms with Gasteiger partial charge in [0.1, 0.15) is 11.4 Å². The van der Waals surface area contributed by atoms with Crippen LogP contribution in [0.5, 0.6) is 5.75 Å². The molecule has 5 nitrogen and oxygen atoms in total. The van der Waals surface area contributed by atoms with E-state index < -0.39 is 6.04 Å². The lowest BCUT2D eigenvalue weighted by Crippen LogP contribution is -2.57. The fraction of sp³-hybridized carbons (Fsp3) is 0.650. The Hall–Kier alpha value is -1.30. The first-order valence-corrected chi connectivity index (χ1v) is 9.82. The number of hydrogen-bond donors (Lipinski definition) is 1. The van der Waals surface area contributed by atoms with E-state index in [4.69, 9.17) is 26.8 Å². The molecule has 1 amide bonds. The molecule has 3 aliphatic heterocycles. The molecule has 0 spiro atoms. The van der Waals surface area contributed by atoms with Crippen molar-refractivity contribution in [1.29, 1.82) is 0 Å². The Balaban J connectivity index is 1.60. The van der Waals surface area contributed by atoms with Crippen molar-refractivity contribution in [2.24, 2.45) is 17.6 Å². The Morgan fingerprint density at radius 1 is 1.42 bits per heavy atom. The van der Waals surface area contributed by atoms with E-state index in [2.05, 4.69) is 13.8 Å². The van der Waals surface area contributed by atoms with E-state index in [1.54, 1.807) is 6.92 Å².